The summed E-state index contributed by atoms with van der Waals surface area (Å²) in [6.07, 6.45) is 0.0250. The van der Waals surface area contributed by atoms with Crippen molar-refractivity contribution in [3.05, 3.63) is 24.3 Å². The molecule has 0 aromatic heterocycles. The zero-order valence-electron chi connectivity index (χ0n) is 14.5. The third kappa shape index (κ3) is 3.97. The lowest BCUT2D eigenvalue weighted by Crippen LogP contribution is -2.55. The van der Waals surface area contributed by atoms with Gasteiger partial charge < -0.3 is 23.8 Å². The van der Waals surface area contributed by atoms with E-state index in [1.54, 1.807) is 24.0 Å². The maximum Gasteiger partial charge on any atom is 0.508 e. The summed E-state index contributed by atoms with van der Waals surface area (Å²) in [5.74, 6) is 1.04. The van der Waals surface area contributed by atoms with Crippen LogP contribution < -0.4 is 9.47 Å². The zero-order valence-corrected chi connectivity index (χ0v) is 14.5. The monoisotopic (exact) mass is 349 g/mol. The van der Waals surface area contributed by atoms with Crippen LogP contribution in [-0.4, -0.2) is 55.0 Å². The molecule has 2 atom stereocenters. The number of carbonyl (C=O) groups is 2. The van der Waals surface area contributed by atoms with Crippen LogP contribution in [-0.2, 0) is 14.3 Å². The summed E-state index contributed by atoms with van der Waals surface area (Å²) in [4.78, 5) is 26.1. The maximum atomic E-state index is 12.8. The molecule has 0 bridgehead atoms. The van der Waals surface area contributed by atoms with Crippen molar-refractivity contribution in [2.24, 2.45) is 0 Å². The Morgan fingerprint density at radius 2 is 2.08 bits per heavy atom. The number of carbonyl (C=O) groups excluding carboxylic acids is 2. The largest absolute Gasteiger partial charge is 0.508 e. The summed E-state index contributed by atoms with van der Waals surface area (Å²) >= 11 is 0. The van der Waals surface area contributed by atoms with Crippen LogP contribution in [0.2, 0.25) is 0 Å². The normalized spacial score (nSPS) is 25.2. The van der Waals surface area contributed by atoms with Crippen molar-refractivity contribution in [1.82, 2.24) is 4.90 Å². The molecule has 1 aromatic carbocycles. The first-order valence-electron chi connectivity index (χ1n) is 8.54. The Labute approximate surface area is 146 Å². The van der Waals surface area contributed by atoms with Crippen molar-refractivity contribution in [1.29, 1.82) is 0 Å². The van der Waals surface area contributed by atoms with Crippen LogP contribution in [0.25, 0.3) is 0 Å². The molecule has 2 aliphatic rings. The van der Waals surface area contributed by atoms with Gasteiger partial charge in [-0.3, -0.25) is 4.79 Å². The minimum atomic E-state index is -0.756. The molecule has 7 heteroatoms. The first-order valence-corrected chi connectivity index (χ1v) is 8.54. The molecule has 0 N–H and O–H groups in total. The minimum absolute atomic E-state index is 0.159. The van der Waals surface area contributed by atoms with Gasteiger partial charge in [-0.05, 0) is 38.8 Å². The van der Waals surface area contributed by atoms with Crippen LogP contribution >= 0.6 is 0 Å². The van der Waals surface area contributed by atoms with Crippen molar-refractivity contribution >= 4 is 12.1 Å². The molecule has 1 saturated heterocycles. The lowest BCUT2D eigenvalue weighted by Gasteiger charge is -2.40. The van der Waals surface area contributed by atoms with Gasteiger partial charge in [0.15, 0.2) is 11.5 Å². The summed E-state index contributed by atoms with van der Waals surface area (Å²) in [7, 11) is 0. The molecule has 1 aromatic rings. The smallest absolute Gasteiger partial charge is 0.485 e. The number of hydrogen-bond donors (Lipinski definition) is 0. The third-order valence-electron chi connectivity index (χ3n) is 4.35. The van der Waals surface area contributed by atoms with Gasteiger partial charge in [-0.25, -0.2) is 4.79 Å². The Kier molecular flexibility index (Phi) is 5.01. The molecule has 0 spiro atoms. The van der Waals surface area contributed by atoms with E-state index in [-0.39, 0.29) is 19.1 Å². The lowest BCUT2D eigenvalue weighted by molar-refractivity contribution is -0.148. The van der Waals surface area contributed by atoms with E-state index in [0.717, 1.165) is 6.42 Å². The van der Waals surface area contributed by atoms with Crippen molar-refractivity contribution in [2.75, 3.05) is 26.3 Å². The van der Waals surface area contributed by atoms with Gasteiger partial charge in [-0.1, -0.05) is 12.1 Å². The number of amides is 1. The molecule has 0 radical (unpaired) electrons. The fourth-order valence-electron chi connectivity index (χ4n) is 3.17. The van der Waals surface area contributed by atoms with E-state index in [0.29, 0.717) is 31.0 Å². The van der Waals surface area contributed by atoms with E-state index in [4.69, 9.17) is 18.9 Å². The van der Waals surface area contributed by atoms with Crippen LogP contribution in [0.1, 0.15) is 26.7 Å². The zero-order chi connectivity index (χ0) is 17.9. The molecule has 2 heterocycles. The van der Waals surface area contributed by atoms with E-state index in [1.165, 1.54) is 0 Å². The van der Waals surface area contributed by atoms with Crippen LogP contribution in [0.5, 0.6) is 11.5 Å². The Morgan fingerprint density at radius 1 is 1.32 bits per heavy atom. The lowest BCUT2D eigenvalue weighted by atomic mass is 9.94. The molecule has 0 saturated carbocycles. The van der Waals surface area contributed by atoms with Gasteiger partial charge >= 0.3 is 6.16 Å². The van der Waals surface area contributed by atoms with E-state index in [1.807, 2.05) is 19.1 Å². The molecule has 136 valence electrons. The van der Waals surface area contributed by atoms with Gasteiger partial charge in [-0.15, -0.1) is 0 Å². The highest BCUT2D eigenvalue weighted by molar-refractivity contribution is 5.82. The summed E-state index contributed by atoms with van der Waals surface area (Å²) in [6, 6.07) is 7.27. The van der Waals surface area contributed by atoms with Gasteiger partial charge in [0.2, 0.25) is 6.10 Å². The molecule has 3 rings (SSSR count). The van der Waals surface area contributed by atoms with Crippen molar-refractivity contribution in [3.63, 3.8) is 0 Å². The van der Waals surface area contributed by atoms with Crippen molar-refractivity contribution < 1.29 is 28.5 Å². The average Bonchev–Trinajstić information content (AvgIpc) is 2.60. The molecule has 7 nitrogen and oxygen atoms in total. The molecule has 25 heavy (non-hydrogen) atoms. The molecule has 1 fully saturated rings. The first kappa shape index (κ1) is 17.4. The summed E-state index contributed by atoms with van der Waals surface area (Å²) < 4.78 is 21.7. The number of piperidine rings is 1. The van der Waals surface area contributed by atoms with Gasteiger partial charge in [0, 0.05) is 6.54 Å². The third-order valence-corrected chi connectivity index (χ3v) is 4.35. The van der Waals surface area contributed by atoms with Gasteiger partial charge in [0.05, 0.1) is 13.2 Å². The van der Waals surface area contributed by atoms with E-state index in [2.05, 4.69) is 0 Å². The molecular formula is C18H23NO6. The first-order chi connectivity index (χ1) is 12.0. The molecule has 1 amide bonds. The number of hydrogen-bond acceptors (Lipinski definition) is 6. The number of para-hydroxylation sites is 2. The number of rotatable bonds is 3. The SMILES string of the molecule is CCOC(=O)O[C@@]1(C)CCCN(C(=O)[C@H]2COc3ccccc3O2)C1. The second-order valence-electron chi connectivity index (χ2n) is 6.46. The van der Waals surface area contributed by atoms with Crippen molar-refractivity contribution in [2.45, 2.75) is 38.4 Å². The highest BCUT2D eigenvalue weighted by Gasteiger charge is 2.40. The summed E-state index contributed by atoms with van der Waals surface area (Å²) in [6.45, 7) is 4.87. The predicted molar refractivity (Wildman–Crippen MR) is 88.7 cm³/mol. The van der Waals surface area contributed by atoms with Crippen molar-refractivity contribution in [3.8, 4) is 11.5 Å². The van der Waals surface area contributed by atoms with Crippen LogP contribution in [0.15, 0.2) is 24.3 Å². The Balaban J connectivity index is 1.63. The maximum absolute atomic E-state index is 12.8. The van der Waals surface area contributed by atoms with E-state index in [9.17, 15) is 9.59 Å². The Bertz CT molecular complexity index is 648. The fraction of sp³-hybridized carbons (Fsp3) is 0.556. The Hall–Kier alpha value is -2.44. The predicted octanol–water partition coefficient (Wildman–Crippen LogP) is 2.38. The molecular weight excluding hydrogens is 326 g/mol. The number of benzene rings is 1. The van der Waals surface area contributed by atoms with E-state index >= 15 is 0 Å². The van der Waals surface area contributed by atoms with Crippen LogP contribution in [0, 0.1) is 0 Å². The van der Waals surface area contributed by atoms with Gasteiger partial charge in [0.1, 0.15) is 12.2 Å². The standard InChI is InChI=1S/C18H23NO6/c1-3-22-17(21)25-18(2)9-6-10-19(12-18)16(20)15-11-23-13-7-4-5-8-14(13)24-15/h4-5,7-8,15H,3,6,9-12H2,1-2H3/t15-,18+/m1/s1. The number of likely N-dealkylation sites (tertiary alicyclic amines) is 1. The second kappa shape index (κ2) is 7.21. The topological polar surface area (TPSA) is 74.3 Å². The Morgan fingerprint density at radius 3 is 2.84 bits per heavy atom. The molecule has 0 unspecified atom stereocenters. The van der Waals surface area contributed by atoms with E-state index < -0.39 is 17.9 Å². The molecule has 2 aliphatic heterocycles. The summed E-state index contributed by atoms with van der Waals surface area (Å²) in [5, 5.41) is 0. The van der Waals surface area contributed by atoms with Crippen LogP contribution in [0.3, 0.4) is 0 Å². The highest BCUT2D eigenvalue weighted by atomic mass is 16.7. The average molecular weight is 349 g/mol. The highest BCUT2D eigenvalue weighted by Crippen LogP contribution is 2.32. The summed E-state index contributed by atoms with van der Waals surface area (Å²) in [5.41, 5.74) is -0.756. The molecule has 0 aliphatic carbocycles. The van der Waals surface area contributed by atoms with Crippen LogP contribution in [0.4, 0.5) is 4.79 Å². The van der Waals surface area contributed by atoms with Gasteiger partial charge in [0.25, 0.3) is 5.91 Å². The fourth-order valence-corrected chi connectivity index (χ4v) is 3.17. The quantitative estimate of drug-likeness (QED) is 0.780. The number of nitrogens with zero attached hydrogens (tertiary/aromatic N) is 1. The minimum Gasteiger partial charge on any atom is -0.485 e. The number of fused-ring (bicyclic) bond motifs is 1. The van der Waals surface area contributed by atoms with Gasteiger partial charge in [-0.2, -0.15) is 0 Å². The second-order valence-corrected chi connectivity index (χ2v) is 6.46. The number of ether oxygens (including phenoxy) is 4.